The highest BCUT2D eigenvalue weighted by molar-refractivity contribution is 7.99. The number of primary amides is 1. The average Bonchev–Trinajstić information content (AvgIpc) is 2.53. The first-order valence-corrected chi connectivity index (χ1v) is 7.15. The minimum absolute atomic E-state index is 0.114. The summed E-state index contributed by atoms with van der Waals surface area (Å²) in [5, 5.41) is 0. The Morgan fingerprint density at radius 1 is 1.15 bits per heavy atom. The lowest BCUT2D eigenvalue weighted by Crippen LogP contribution is -2.14. The van der Waals surface area contributed by atoms with Gasteiger partial charge in [-0.15, -0.1) is 0 Å². The molecule has 20 heavy (non-hydrogen) atoms. The van der Waals surface area contributed by atoms with Crippen LogP contribution in [0.2, 0.25) is 0 Å². The fraction of sp³-hybridized carbons (Fsp3) is 0.125. The van der Waals surface area contributed by atoms with E-state index in [0.29, 0.717) is 6.42 Å². The molecule has 2 aromatic carbocycles. The van der Waals surface area contributed by atoms with E-state index in [1.165, 1.54) is 0 Å². The summed E-state index contributed by atoms with van der Waals surface area (Å²) in [5.74, 6) is -0.252. The molecule has 0 bridgehead atoms. The van der Waals surface area contributed by atoms with Gasteiger partial charge in [0.2, 0.25) is 5.91 Å². The first kappa shape index (κ1) is 12.9. The van der Waals surface area contributed by atoms with Gasteiger partial charge in [-0.3, -0.25) is 9.59 Å². The Balaban J connectivity index is 2.06. The summed E-state index contributed by atoms with van der Waals surface area (Å²) in [4.78, 5) is 25.3. The number of fused-ring (bicyclic) bond motifs is 2. The van der Waals surface area contributed by atoms with Gasteiger partial charge in [-0.25, -0.2) is 0 Å². The molecule has 0 saturated heterocycles. The number of ketones is 1. The zero-order valence-electron chi connectivity index (χ0n) is 10.8. The number of Topliss-reactive ketones (excluding diaryl/α,β-unsaturated/α-hetero) is 1. The van der Waals surface area contributed by atoms with E-state index in [0.717, 1.165) is 26.5 Å². The SMILES string of the molecule is NC(=O)Cc1ccc2c(c1)Sc1ccccc1CC2=O. The van der Waals surface area contributed by atoms with E-state index >= 15 is 0 Å². The second-order valence-corrected chi connectivity index (χ2v) is 5.87. The van der Waals surface area contributed by atoms with E-state index in [1.54, 1.807) is 23.9 Å². The van der Waals surface area contributed by atoms with Crippen LogP contribution in [0.25, 0.3) is 0 Å². The minimum atomic E-state index is -0.365. The Morgan fingerprint density at radius 2 is 1.95 bits per heavy atom. The van der Waals surface area contributed by atoms with Gasteiger partial charge in [0.1, 0.15) is 0 Å². The molecule has 0 fully saturated rings. The van der Waals surface area contributed by atoms with Crippen molar-refractivity contribution in [2.45, 2.75) is 22.6 Å². The lowest BCUT2D eigenvalue weighted by molar-refractivity contribution is -0.117. The molecule has 100 valence electrons. The Kier molecular flexibility index (Phi) is 3.32. The fourth-order valence-electron chi connectivity index (χ4n) is 2.33. The molecule has 3 rings (SSSR count). The van der Waals surface area contributed by atoms with Crippen molar-refractivity contribution in [2.75, 3.05) is 0 Å². The van der Waals surface area contributed by atoms with Crippen LogP contribution in [0.1, 0.15) is 21.5 Å². The number of hydrogen-bond acceptors (Lipinski definition) is 3. The third kappa shape index (κ3) is 2.47. The maximum absolute atomic E-state index is 12.3. The van der Waals surface area contributed by atoms with Gasteiger partial charge in [0, 0.05) is 21.8 Å². The molecule has 0 radical (unpaired) electrons. The molecular weight excluding hydrogens is 270 g/mol. The van der Waals surface area contributed by atoms with Crippen molar-refractivity contribution in [3.05, 3.63) is 59.2 Å². The molecule has 0 spiro atoms. The maximum atomic E-state index is 12.3. The van der Waals surface area contributed by atoms with Crippen molar-refractivity contribution in [3.8, 4) is 0 Å². The van der Waals surface area contributed by atoms with Crippen LogP contribution in [0.15, 0.2) is 52.3 Å². The predicted molar refractivity (Wildman–Crippen MR) is 77.9 cm³/mol. The van der Waals surface area contributed by atoms with Gasteiger partial charge in [0.05, 0.1) is 6.42 Å². The summed E-state index contributed by atoms with van der Waals surface area (Å²) in [5.41, 5.74) is 7.84. The van der Waals surface area contributed by atoms with Gasteiger partial charge < -0.3 is 5.73 Å². The van der Waals surface area contributed by atoms with Crippen LogP contribution in [0.3, 0.4) is 0 Å². The van der Waals surface area contributed by atoms with Crippen molar-refractivity contribution >= 4 is 23.5 Å². The number of amides is 1. The minimum Gasteiger partial charge on any atom is -0.369 e. The second-order valence-electron chi connectivity index (χ2n) is 4.78. The largest absolute Gasteiger partial charge is 0.369 e. The van der Waals surface area contributed by atoms with Gasteiger partial charge in [0.25, 0.3) is 0 Å². The molecule has 1 heterocycles. The zero-order valence-corrected chi connectivity index (χ0v) is 11.6. The third-order valence-electron chi connectivity index (χ3n) is 3.27. The highest BCUT2D eigenvalue weighted by Crippen LogP contribution is 2.37. The maximum Gasteiger partial charge on any atom is 0.221 e. The van der Waals surface area contributed by atoms with Crippen molar-refractivity contribution in [3.63, 3.8) is 0 Å². The fourth-order valence-corrected chi connectivity index (χ4v) is 3.49. The van der Waals surface area contributed by atoms with E-state index < -0.39 is 0 Å². The Morgan fingerprint density at radius 3 is 2.75 bits per heavy atom. The number of carbonyl (C=O) groups is 2. The lowest BCUT2D eigenvalue weighted by Gasteiger charge is -2.07. The van der Waals surface area contributed by atoms with E-state index in [2.05, 4.69) is 0 Å². The molecule has 0 atom stereocenters. The molecule has 0 aromatic heterocycles. The molecule has 0 unspecified atom stereocenters. The van der Waals surface area contributed by atoms with Crippen LogP contribution in [-0.4, -0.2) is 11.7 Å². The van der Waals surface area contributed by atoms with Crippen LogP contribution < -0.4 is 5.73 Å². The standard InChI is InChI=1S/C16H13NO2S/c17-16(19)8-10-5-6-12-13(18)9-11-3-1-2-4-14(11)20-15(12)7-10/h1-7H,8-9H2,(H2,17,19). The third-order valence-corrected chi connectivity index (χ3v) is 4.44. The number of rotatable bonds is 2. The molecule has 2 aromatic rings. The summed E-state index contributed by atoms with van der Waals surface area (Å²) >= 11 is 1.58. The quantitative estimate of drug-likeness (QED) is 0.921. The monoisotopic (exact) mass is 283 g/mol. The first-order chi connectivity index (χ1) is 9.63. The van der Waals surface area contributed by atoms with Crippen LogP contribution in [0.5, 0.6) is 0 Å². The molecule has 1 aliphatic heterocycles. The van der Waals surface area contributed by atoms with Crippen molar-refractivity contribution < 1.29 is 9.59 Å². The predicted octanol–water partition coefficient (Wildman–Crippen LogP) is 2.60. The van der Waals surface area contributed by atoms with Crippen LogP contribution >= 0.6 is 11.8 Å². The molecular formula is C16H13NO2S. The van der Waals surface area contributed by atoms with Gasteiger partial charge in [0.15, 0.2) is 5.78 Å². The normalized spacial score (nSPS) is 13.3. The lowest BCUT2D eigenvalue weighted by atomic mass is 10.0. The Bertz CT molecular complexity index is 709. The van der Waals surface area contributed by atoms with E-state index in [9.17, 15) is 9.59 Å². The van der Waals surface area contributed by atoms with Crippen molar-refractivity contribution in [1.82, 2.24) is 0 Å². The molecule has 3 nitrogen and oxygen atoms in total. The average molecular weight is 283 g/mol. The van der Waals surface area contributed by atoms with Gasteiger partial charge in [-0.1, -0.05) is 36.0 Å². The van der Waals surface area contributed by atoms with Gasteiger partial charge in [-0.2, -0.15) is 0 Å². The van der Waals surface area contributed by atoms with Crippen LogP contribution in [0.4, 0.5) is 0 Å². The van der Waals surface area contributed by atoms with Crippen LogP contribution in [0, 0.1) is 0 Å². The number of benzene rings is 2. The van der Waals surface area contributed by atoms with Crippen molar-refractivity contribution in [1.29, 1.82) is 0 Å². The number of carbonyl (C=O) groups excluding carboxylic acids is 2. The highest BCUT2D eigenvalue weighted by atomic mass is 32.2. The van der Waals surface area contributed by atoms with E-state index in [1.807, 2.05) is 30.3 Å². The number of hydrogen-bond donors (Lipinski definition) is 1. The van der Waals surface area contributed by atoms with Crippen LogP contribution in [-0.2, 0) is 17.6 Å². The summed E-state index contributed by atoms with van der Waals surface area (Å²) in [6.45, 7) is 0. The summed E-state index contributed by atoms with van der Waals surface area (Å²) < 4.78 is 0. The summed E-state index contributed by atoms with van der Waals surface area (Å²) in [6.07, 6.45) is 0.620. The van der Waals surface area contributed by atoms with Gasteiger partial charge >= 0.3 is 0 Å². The topological polar surface area (TPSA) is 60.2 Å². The van der Waals surface area contributed by atoms with E-state index in [4.69, 9.17) is 5.73 Å². The second kappa shape index (κ2) is 5.13. The summed E-state index contributed by atoms with van der Waals surface area (Å²) in [6, 6.07) is 13.4. The Hall–Kier alpha value is -2.07. The number of nitrogens with two attached hydrogens (primary N) is 1. The first-order valence-electron chi connectivity index (χ1n) is 6.33. The molecule has 0 saturated carbocycles. The van der Waals surface area contributed by atoms with Gasteiger partial charge in [-0.05, 0) is 29.3 Å². The van der Waals surface area contributed by atoms with E-state index in [-0.39, 0.29) is 18.1 Å². The molecule has 0 aliphatic carbocycles. The molecule has 2 N–H and O–H groups in total. The zero-order chi connectivity index (χ0) is 14.1. The molecule has 1 amide bonds. The molecule has 1 aliphatic rings. The molecule has 4 heteroatoms. The van der Waals surface area contributed by atoms with Crippen molar-refractivity contribution in [2.24, 2.45) is 5.73 Å². The Labute approximate surface area is 121 Å². The highest BCUT2D eigenvalue weighted by Gasteiger charge is 2.20. The summed E-state index contributed by atoms with van der Waals surface area (Å²) in [7, 11) is 0. The smallest absolute Gasteiger partial charge is 0.221 e.